The van der Waals surface area contributed by atoms with Gasteiger partial charge in [-0.05, 0) is 45.1 Å². The highest BCUT2D eigenvalue weighted by atomic mass is 32.2. The van der Waals surface area contributed by atoms with Gasteiger partial charge < -0.3 is 5.21 Å². The minimum atomic E-state index is 0.273. The number of hydrogen-bond acceptors (Lipinski definition) is 5. The molecule has 0 spiro atoms. The van der Waals surface area contributed by atoms with Gasteiger partial charge in [0.05, 0.1) is 11.0 Å². The van der Waals surface area contributed by atoms with Crippen molar-refractivity contribution in [3.05, 3.63) is 17.5 Å². The third kappa shape index (κ3) is 2.00. The fraction of sp³-hybridized carbons (Fsp3) is 0.615. The Kier molecular flexibility index (Phi) is 3.01. The van der Waals surface area contributed by atoms with E-state index < -0.39 is 0 Å². The number of thioether (sulfide) groups is 1. The van der Waals surface area contributed by atoms with Crippen LogP contribution in [0.1, 0.15) is 30.7 Å². The molecule has 0 saturated heterocycles. The Morgan fingerprint density at radius 2 is 2.00 bits per heavy atom. The number of aromatic nitrogens is 2. The van der Waals surface area contributed by atoms with Crippen molar-refractivity contribution in [3.8, 4) is 0 Å². The summed E-state index contributed by atoms with van der Waals surface area (Å²) in [7, 11) is 0. The second-order valence-corrected chi connectivity index (χ2v) is 6.38. The van der Waals surface area contributed by atoms with E-state index in [1.54, 1.807) is 11.8 Å². The number of nitrogens with zero attached hydrogens (tertiary/aromatic N) is 3. The van der Waals surface area contributed by atoms with Gasteiger partial charge in [0, 0.05) is 17.3 Å². The Labute approximate surface area is 111 Å². The normalized spacial score (nSPS) is 32.3. The standard InChI is InChI=1S/C13H17N3OS/c1-7-5-8(2)15-13(14-7)18-12-10-4-3-9(6-10)11(12)16-17/h5,9-10,12,17H,3-4,6H2,1-2H3. The molecule has 0 radical (unpaired) electrons. The second-order valence-electron chi connectivity index (χ2n) is 5.27. The zero-order valence-electron chi connectivity index (χ0n) is 10.6. The van der Waals surface area contributed by atoms with Gasteiger partial charge in [0.1, 0.15) is 0 Å². The van der Waals surface area contributed by atoms with Crippen molar-refractivity contribution in [2.45, 2.75) is 43.5 Å². The van der Waals surface area contributed by atoms with Crippen LogP contribution in [0.2, 0.25) is 0 Å². The molecule has 0 aromatic carbocycles. The maximum Gasteiger partial charge on any atom is 0.188 e. The molecule has 2 aliphatic rings. The first-order chi connectivity index (χ1) is 8.67. The SMILES string of the molecule is Cc1cc(C)nc(SC2C(=NO)C3CCC2C3)n1. The monoisotopic (exact) mass is 263 g/mol. The van der Waals surface area contributed by atoms with Crippen LogP contribution in [0.3, 0.4) is 0 Å². The van der Waals surface area contributed by atoms with Gasteiger partial charge in [-0.1, -0.05) is 16.9 Å². The van der Waals surface area contributed by atoms with Crippen LogP contribution in [0.4, 0.5) is 0 Å². The minimum Gasteiger partial charge on any atom is -0.411 e. The van der Waals surface area contributed by atoms with Gasteiger partial charge in [-0.3, -0.25) is 0 Å². The predicted molar refractivity (Wildman–Crippen MR) is 71.2 cm³/mol. The van der Waals surface area contributed by atoms with Gasteiger partial charge in [0.15, 0.2) is 5.16 Å². The Morgan fingerprint density at radius 1 is 1.28 bits per heavy atom. The van der Waals surface area contributed by atoms with E-state index in [4.69, 9.17) is 0 Å². The van der Waals surface area contributed by atoms with Crippen molar-refractivity contribution >= 4 is 17.5 Å². The van der Waals surface area contributed by atoms with E-state index in [1.807, 2.05) is 19.9 Å². The van der Waals surface area contributed by atoms with E-state index >= 15 is 0 Å². The van der Waals surface area contributed by atoms with E-state index in [0.29, 0.717) is 11.8 Å². The molecule has 3 rings (SSSR count). The molecule has 0 aliphatic heterocycles. The Morgan fingerprint density at radius 3 is 2.67 bits per heavy atom. The number of oxime groups is 1. The highest BCUT2D eigenvalue weighted by Crippen LogP contribution is 2.48. The fourth-order valence-corrected chi connectivity index (χ4v) is 4.61. The lowest BCUT2D eigenvalue weighted by molar-refractivity contribution is 0.314. The van der Waals surface area contributed by atoms with Gasteiger partial charge >= 0.3 is 0 Å². The zero-order valence-corrected chi connectivity index (χ0v) is 11.4. The van der Waals surface area contributed by atoms with E-state index in [1.165, 1.54) is 19.3 Å². The molecular weight excluding hydrogens is 246 g/mol. The molecule has 5 heteroatoms. The molecule has 18 heavy (non-hydrogen) atoms. The molecule has 2 fully saturated rings. The Hall–Kier alpha value is -1.10. The van der Waals surface area contributed by atoms with Gasteiger partial charge in [0.25, 0.3) is 0 Å². The van der Waals surface area contributed by atoms with Crippen LogP contribution >= 0.6 is 11.8 Å². The molecule has 2 aliphatic carbocycles. The smallest absolute Gasteiger partial charge is 0.188 e. The molecule has 1 N–H and O–H groups in total. The zero-order chi connectivity index (χ0) is 12.7. The van der Waals surface area contributed by atoms with Crippen LogP contribution in [-0.4, -0.2) is 26.1 Å². The molecular formula is C13H17N3OS. The van der Waals surface area contributed by atoms with Crippen molar-refractivity contribution < 1.29 is 5.21 Å². The van der Waals surface area contributed by atoms with Crippen LogP contribution in [0, 0.1) is 25.7 Å². The molecule has 2 bridgehead atoms. The molecule has 1 aromatic heterocycles. The molecule has 1 heterocycles. The summed E-state index contributed by atoms with van der Waals surface area (Å²) in [6, 6.07) is 1.98. The van der Waals surface area contributed by atoms with Gasteiger partial charge in [-0.15, -0.1) is 0 Å². The van der Waals surface area contributed by atoms with E-state index in [-0.39, 0.29) is 5.25 Å². The molecule has 3 atom stereocenters. The van der Waals surface area contributed by atoms with Crippen LogP contribution in [0.5, 0.6) is 0 Å². The van der Waals surface area contributed by atoms with E-state index in [2.05, 4.69) is 15.1 Å². The fourth-order valence-electron chi connectivity index (χ4n) is 3.19. The maximum absolute atomic E-state index is 9.18. The summed E-state index contributed by atoms with van der Waals surface area (Å²) in [5, 5.41) is 13.8. The second kappa shape index (κ2) is 4.53. The molecule has 4 nitrogen and oxygen atoms in total. The van der Waals surface area contributed by atoms with Gasteiger partial charge in [0.2, 0.25) is 0 Å². The molecule has 96 valence electrons. The van der Waals surface area contributed by atoms with Crippen LogP contribution in [-0.2, 0) is 0 Å². The average molecular weight is 263 g/mol. The number of fused-ring (bicyclic) bond motifs is 2. The van der Waals surface area contributed by atoms with E-state index in [9.17, 15) is 5.21 Å². The lowest BCUT2D eigenvalue weighted by Crippen LogP contribution is -2.25. The van der Waals surface area contributed by atoms with Gasteiger partial charge in [-0.2, -0.15) is 0 Å². The van der Waals surface area contributed by atoms with Crippen LogP contribution in [0.15, 0.2) is 16.4 Å². The summed E-state index contributed by atoms with van der Waals surface area (Å²) in [5.74, 6) is 1.12. The van der Waals surface area contributed by atoms with Gasteiger partial charge in [-0.25, -0.2) is 9.97 Å². The summed E-state index contributed by atoms with van der Waals surface area (Å²) >= 11 is 1.66. The Bertz CT molecular complexity index is 483. The molecule has 1 aromatic rings. The summed E-state index contributed by atoms with van der Waals surface area (Å²) in [6.45, 7) is 3.97. The highest BCUT2D eigenvalue weighted by Gasteiger charge is 2.46. The van der Waals surface area contributed by atoms with E-state index in [0.717, 1.165) is 22.3 Å². The summed E-state index contributed by atoms with van der Waals surface area (Å²) in [4.78, 5) is 8.93. The van der Waals surface area contributed by atoms with Crippen LogP contribution in [0.25, 0.3) is 0 Å². The van der Waals surface area contributed by atoms with Crippen molar-refractivity contribution in [1.82, 2.24) is 9.97 Å². The predicted octanol–water partition coefficient (Wildman–Crippen LogP) is 2.81. The number of rotatable bonds is 2. The van der Waals surface area contributed by atoms with Crippen LogP contribution < -0.4 is 0 Å². The summed E-state index contributed by atoms with van der Waals surface area (Å²) in [5.41, 5.74) is 2.95. The number of aryl methyl sites for hydroxylation is 2. The molecule has 0 amide bonds. The largest absolute Gasteiger partial charge is 0.411 e. The molecule has 3 unspecified atom stereocenters. The maximum atomic E-state index is 9.18. The Balaban J connectivity index is 1.84. The third-order valence-corrected chi connectivity index (χ3v) is 5.19. The molecule has 2 saturated carbocycles. The first-order valence-corrected chi connectivity index (χ1v) is 7.26. The summed E-state index contributed by atoms with van der Waals surface area (Å²) in [6.07, 6.45) is 3.59. The first kappa shape index (κ1) is 12.0. The highest BCUT2D eigenvalue weighted by molar-refractivity contribution is 8.00. The van der Waals surface area contributed by atoms with Crippen molar-refractivity contribution in [2.24, 2.45) is 17.0 Å². The van der Waals surface area contributed by atoms with Crippen molar-refractivity contribution in [3.63, 3.8) is 0 Å². The first-order valence-electron chi connectivity index (χ1n) is 6.38. The lowest BCUT2D eigenvalue weighted by atomic mass is 9.98. The minimum absolute atomic E-state index is 0.273. The number of hydrogen-bond donors (Lipinski definition) is 1. The summed E-state index contributed by atoms with van der Waals surface area (Å²) < 4.78 is 0. The average Bonchev–Trinajstić information content (AvgIpc) is 2.88. The lowest BCUT2D eigenvalue weighted by Gasteiger charge is -2.21. The third-order valence-electron chi connectivity index (χ3n) is 3.92. The quantitative estimate of drug-likeness (QED) is 0.506. The topological polar surface area (TPSA) is 58.4 Å². The van der Waals surface area contributed by atoms with Crippen molar-refractivity contribution in [2.75, 3.05) is 0 Å². The van der Waals surface area contributed by atoms with Crippen molar-refractivity contribution in [1.29, 1.82) is 0 Å².